The second-order valence-corrected chi connectivity index (χ2v) is 5.73. The number of benzene rings is 1. The van der Waals surface area contributed by atoms with Crippen LogP contribution in [0.3, 0.4) is 0 Å². The average molecular weight is 313 g/mol. The zero-order chi connectivity index (χ0) is 15.7. The molecule has 3 rings (SSSR count). The number of carbonyl (C=O) groups excluding carboxylic acids is 1. The van der Waals surface area contributed by atoms with E-state index in [4.69, 9.17) is 0 Å². The van der Waals surface area contributed by atoms with Crippen LogP contribution in [0, 0.1) is 17.5 Å². The first-order valence-corrected chi connectivity index (χ1v) is 7.45. The van der Waals surface area contributed by atoms with Crippen molar-refractivity contribution in [3.63, 3.8) is 0 Å². The van der Waals surface area contributed by atoms with E-state index in [9.17, 15) is 18.0 Å². The number of nitrogens with zero attached hydrogens (tertiary/aromatic N) is 2. The van der Waals surface area contributed by atoms with Crippen LogP contribution < -0.4 is 5.32 Å². The van der Waals surface area contributed by atoms with Crippen molar-refractivity contribution in [2.24, 2.45) is 0 Å². The van der Waals surface area contributed by atoms with E-state index in [0.29, 0.717) is 25.2 Å². The number of hydrogen-bond acceptors (Lipinski definition) is 3. The summed E-state index contributed by atoms with van der Waals surface area (Å²) < 4.78 is 39.9. The summed E-state index contributed by atoms with van der Waals surface area (Å²) in [6.45, 7) is 4.69. The van der Waals surface area contributed by atoms with Gasteiger partial charge >= 0.3 is 0 Å². The average Bonchev–Trinajstić information content (AvgIpc) is 3.01. The van der Waals surface area contributed by atoms with E-state index in [0.717, 1.165) is 32.6 Å². The van der Waals surface area contributed by atoms with Crippen LogP contribution in [0.25, 0.3) is 0 Å². The maximum absolute atomic E-state index is 13.7. The Morgan fingerprint density at radius 2 is 1.73 bits per heavy atom. The molecule has 0 saturated carbocycles. The van der Waals surface area contributed by atoms with Gasteiger partial charge in [-0.1, -0.05) is 0 Å². The fourth-order valence-corrected chi connectivity index (χ4v) is 3.13. The van der Waals surface area contributed by atoms with E-state index < -0.39 is 28.9 Å². The second-order valence-electron chi connectivity index (χ2n) is 5.73. The third kappa shape index (κ3) is 2.96. The van der Waals surface area contributed by atoms with Crippen LogP contribution in [0.2, 0.25) is 0 Å². The topological polar surface area (TPSA) is 35.6 Å². The molecule has 1 aromatic rings. The van der Waals surface area contributed by atoms with Gasteiger partial charge in [0, 0.05) is 51.4 Å². The molecule has 0 aliphatic carbocycles. The van der Waals surface area contributed by atoms with E-state index >= 15 is 0 Å². The first-order chi connectivity index (χ1) is 10.6. The summed E-state index contributed by atoms with van der Waals surface area (Å²) >= 11 is 0. The lowest BCUT2D eigenvalue weighted by Gasteiger charge is -2.32. The van der Waals surface area contributed by atoms with Gasteiger partial charge in [-0.2, -0.15) is 0 Å². The maximum Gasteiger partial charge on any atom is 0.256 e. The zero-order valence-corrected chi connectivity index (χ0v) is 12.1. The number of carbonyl (C=O) groups is 1. The molecule has 2 saturated heterocycles. The summed E-state index contributed by atoms with van der Waals surface area (Å²) in [6.07, 6.45) is 0.817. The molecule has 0 spiro atoms. The lowest BCUT2D eigenvalue weighted by atomic mass is 10.1. The lowest BCUT2D eigenvalue weighted by Crippen LogP contribution is -2.49. The molecule has 1 atom stereocenters. The van der Waals surface area contributed by atoms with Crippen molar-refractivity contribution in [1.82, 2.24) is 15.1 Å². The van der Waals surface area contributed by atoms with E-state index in [2.05, 4.69) is 10.2 Å². The van der Waals surface area contributed by atoms with Gasteiger partial charge in [0.2, 0.25) is 0 Å². The Morgan fingerprint density at radius 3 is 2.45 bits per heavy atom. The molecule has 120 valence electrons. The van der Waals surface area contributed by atoms with Gasteiger partial charge in [-0.3, -0.25) is 9.69 Å². The summed E-state index contributed by atoms with van der Waals surface area (Å²) in [4.78, 5) is 16.2. The highest BCUT2D eigenvalue weighted by atomic mass is 19.2. The highest BCUT2D eigenvalue weighted by molar-refractivity contribution is 5.94. The quantitative estimate of drug-likeness (QED) is 0.834. The number of rotatable bonds is 2. The normalized spacial score (nSPS) is 23.0. The predicted molar refractivity (Wildman–Crippen MR) is 75.1 cm³/mol. The van der Waals surface area contributed by atoms with Crippen LogP contribution in [0.4, 0.5) is 13.2 Å². The minimum atomic E-state index is -1.28. The number of piperazine rings is 1. The molecule has 1 unspecified atom stereocenters. The van der Waals surface area contributed by atoms with Crippen molar-refractivity contribution in [3.05, 3.63) is 35.1 Å². The van der Waals surface area contributed by atoms with Gasteiger partial charge in [0.05, 0.1) is 5.56 Å². The Hall–Kier alpha value is -1.60. The molecule has 1 aromatic carbocycles. The Bertz CT molecular complexity index is 575. The third-order valence-electron chi connectivity index (χ3n) is 4.36. The summed E-state index contributed by atoms with van der Waals surface area (Å²) in [7, 11) is 0. The molecule has 1 amide bonds. The molecule has 0 bridgehead atoms. The van der Waals surface area contributed by atoms with Crippen LogP contribution in [-0.4, -0.2) is 61.0 Å². The number of nitrogens with one attached hydrogen (secondary N) is 1. The molecule has 0 aromatic heterocycles. The molecule has 2 aliphatic heterocycles. The molecule has 2 heterocycles. The molecule has 0 radical (unpaired) electrons. The molecule has 7 heteroatoms. The van der Waals surface area contributed by atoms with Crippen LogP contribution in [0.15, 0.2) is 12.1 Å². The second kappa shape index (κ2) is 6.26. The molecule has 22 heavy (non-hydrogen) atoms. The molecule has 2 aliphatic rings. The van der Waals surface area contributed by atoms with Crippen LogP contribution in [0.5, 0.6) is 0 Å². The van der Waals surface area contributed by atoms with Gasteiger partial charge in [0.1, 0.15) is 5.82 Å². The van der Waals surface area contributed by atoms with E-state index in [-0.39, 0.29) is 6.04 Å². The number of likely N-dealkylation sites (tertiary alicyclic amines) is 1. The minimum absolute atomic E-state index is 0.249. The van der Waals surface area contributed by atoms with Crippen molar-refractivity contribution >= 4 is 5.91 Å². The van der Waals surface area contributed by atoms with Gasteiger partial charge in [-0.25, -0.2) is 13.2 Å². The standard InChI is InChI=1S/C15H18F3N3O/c16-12-8-14(18)13(17)7-11(12)15(22)21-4-1-10(9-21)20-5-2-19-3-6-20/h7-8,10,19H,1-6,9H2. The largest absolute Gasteiger partial charge is 0.337 e. The van der Waals surface area contributed by atoms with Gasteiger partial charge in [-0.15, -0.1) is 0 Å². The minimum Gasteiger partial charge on any atom is -0.337 e. The van der Waals surface area contributed by atoms with Crippen LogP contribution in [0.1, 0.15) is 16.8 Å². The fourth-order valence-electron chi connectivity index (χ4n) is 3.13. The van der Waals surface area contributed by atoms with Crippen LogP contribution >= 0.6 is 0 Å². The smallest absolute Gasteiger partial charge is 0.256 e. The highest BCUT2D eigenvalue weighted by Crippen LogP contribution is 2.21. The van der Waals surface area contributed by atoms with Gasteiger partial charge in [-0.05, 0) is 12.5 Å². The summed E-state index contributed by atoms with van der Waals surface area (Å²) in [5.74, 6) is -4.08. The zero-order valence-electron chi connectivity index (χ0n) is 12.1. The summed E-state index contributed by atoms with van der Waals surface area (Å²) in [6, 6.07) is 1.32. The SMILES string of the molecule is O=C(c1cc(F)c(F)cc1F)N1CCC(N2CCNCC2)C1. The summed E-state index contributed by atoms with van der Waals surface area (Å²) in [5.41, 5.74) is -0.403. The van der Waals surface area contributed by atoms with Crippen molar-refractivity contribution in [2.45, 2.75) is 12.5 Å². The highest BCUT2D eigenvalue weighted by Gasteiger charge is 2.32. The van der Waals surface area contributed by atoms with Gasteiger partial charge in [0.25, 0.3) is 5.91 Å². The monoisotopic (exact) mass is 313 g/mol. The lowest BCUT2D eigenvalue weighted by molar-refractivity contribution is 0.0768. The number of amides is 1. The molecular formula is C15H18F3N3O. The number of hydrogen-bond donors (Lipinski definition) is 1. The Balaban J connectivity index is 1.70. The Morgan fingerprint density at radius 1 is 1.05 bits per heavy atom. The summed E-state index contributed by atoms with van der Waals surface area (Å²) in [5, 5.41) is 3.27. The van der Waals surface area contributed by atoms with Gasteiger partial charge in [0.15, 0.2) is 11.6 Å². The molecule has 2 fully saturated rings. The maximum atomic E-state index is 13.7. The first-order valence-electron chi connectivity index (χ1n) is 7.45. The predicted octanol–water partition coefficient (Wildman–Crippen LogP) is 1.22. The molecule has 4 nitrogen and oxygen atoms in total. The van der Waals surface area contributed by atoms with E-state index in [1.807, 2.05) is 0 Å². The Kier molecular flexibility index (Phi) is 4.35. The van der Waals surface area contributed by atoms with E-state index in [1.165, 1.54) is 4.90 Å². The molecular weight excluding hydrogens is 295 g/mol. The van der Waals surface area contributed by atoms with Crippen molar-refractivity contribution in [1.29, 1.82) is 0 Å². The van der Waals surface area contributed by atoms with Crippen molar-refractivity contribution < 1.29 is 18.0 Å². The van der Waals surface area contributed by atoms with Crippen molar-refractivity contribution in [2.75, 3.05) is 39.3 Å². The Labute approximate surface area is 126 Å². The van der Waals surface area contributed by atoms with Crippen LogP contribution in [-0.2, 0) is 0 Å². The first kappa shape index (κ1) is 15.3. The number of halogens is 3. The van der Waals surface area contributed by atoms with Crippen molar-refractivity contribution in [3.8, 4) is 0 Å². The fraction of sp³-hybridized carbons (Fsp3) is 0.533. The molecule has 1 N–H and O–H groups in total. The van der Waals surface area contributed by atoms with Gasteiger partial charge < -0.3 is 10.2 Å². The third-order valence-corrected chi connectivity index (χ3v) is 4.36. The van der Waals surface area contributed by atoms with E-state index in [1.54, 1.807) is 0 Å².